The van der Waals surface area contributed by atoms with Crippen LogP contribution in [0.4, 0.5) is 0 Å². The number of nitrogens with two attached hydrogens (primary N) is 1. The molecule has 1 atom stereocenters. The normalized spacial score (nSPS) is 13.3. The number of halogens is 1. The van der Waals surface area contributed by atoms with Crippen molar-refractivity contribution in [3.8, 4) is 0 Å². The Balaban J connectivity index is 3.08. The fourth-order valence-corrected chi connectivity index (χ4v) is 2.15. The van der Waals surface area contributed by atoms with Gasteiger partial charge < -0.3 is 5.73 Å². The molecule has 1 nitrogen and oxygen atoms in total. The molecule has 0 aliphatic heterocycles. The molecular weight excluding hydrogens is 238 g/mol. The van der Waals surface area contributed by atoms with Crippen LogP contribution in [0.2, 0.25) is 0 Å². The molecule has 0 fully saturated rings. The molecule has 1 aromatic rings. The molecule has 2 N–H and O–H groups in total. The monoisotopic (exact) mass is 255 g/mol. The lowest BCUT2D eigenvalue weighted by molar-refractivity contribution is 0.504. The van der Waals surface area contributed by atoms with E-state index in [0.29, 0.717) is 11.8 Å². The molecule has 0 bridgehead atoms. The Labute approximate surface area is 94.8 Å². The van der Waals surface area contributed by atoms with Crippen molar-refractivity contribution in [1.82, 2.24) is 0 Å². The number of hydrogen-bond donors (Lipinski definition) is 1. The zero-order valence-corrected chi connectivity index (χ0v) is 10.6. The van der Waals surface area contributed by atoms with Crippen LogP contribution in [0, 0.1) is 12.8 Å². The second-order valence-electron chi connectivity index (χ2n) is 4.09. The predicted molar refractivity (Wildman–Crippen MR) is 65.5 cm³/mol. The minimum atomic E-state index is 0.465. The summed E-state index contributed by atoms with van der Waals surface area (Å²) in [6, 6.07) is 6.41. The minimum absolute atomic E-state index is 0.465. The van der Waals surface area contributed by atoms with Crippen molar-refractivity contribution in [3.05, 3.63) is 33.8 Å². The highest BCUT2D eigenvalue weighted by Gasteiger charge is 2.15. The Bertz CT molecular complexity index is 307. The summed E-state index contributed by atoms with van der Waals surface area (Å²) in [6.45, 7) is 7.30. The van der Waals surface area contributed by atoms with E-state index >= 15 is 0 Å². The van der Waals surface area contributed by atoms with Crippen LogP contribution in [0.3, 0.4) is 0 Å². The van der Waals surface area contributed by atoms with Crippen molar-refractivity contribution >= 4 is 15.9 Å². The van der Waals surface area contributed by atoms with Crippen molar-refractivity contribution in [2.45, 2.75) is 26.7 Å². The van der Waals surface area contributed by atoms with Gasteiger partial charge in [-0.3, -0.25) is 0 Å². The average molecular weight is 256 g/mol. The summed E-state index contributed by atoms with van der Waals surface area (Å²) in [6.07, 6.45) is 0. The fourth-order valence-electron chi connectivity index (χ4n) is 1.77. The molecule has 1 rings (SSSR count). The maximum atomic E-state index is 5.81. The second-order valence-corrected chi connectivity index (χ2v) is 5.00. The molecular formula is C12H18BrN. The van der Waals surface area contributed by atoms with Crippen LogP contribution in [-0.4, -0.2) is 6.54 Å². The Morgan fingerprint density at radius 2 is 2.00 bits per heavy atom. The molecule has 1 unspecified atom stereocenters. The highest BCUT2D eigenvalue weighted by Crippen LogP contribution is 2.28. The van der Waals surface area contributed by atoms with Gasteiger partial charge in [-0.2, -0.15) is 0 Å². The summed E-state index contributed by atoms with van der Waals surface area (Å²) in [5, 5.41) is 0. The van der Waals surface area contributed by atoms with Crippen molar-refractivity contribution < 1.29 is 0 Å². The first-order valence-electron chi connectivity index (χ1n) is 5.02. The molecule has 0 amide bonds. The Morgan fingerprint density at radius 1 is 1.36 bits per heavy atom. The van der Waals surface area contributed by atoms with Crippen LogP contribution in [0.1, 0.15) is 30.9 Å². The van der Waals surface area contributed by atoms with Crippen LogP contribution in [0.25, 0.3) is 0 Å². The molecule has 14 heavy (non-hydrogen) atoms. The topological polar surface area (TPSA) is 26.0 Å². The van der Waals surface area contributed by atoms with Gasteiger partial charge in [-0.1, -0.05) is 35.8 Å². The minimum Gasteiger partial charge on any atom is -0.330 e. The third-order valence-corrected chi connectivity index (χ3v) is 3.19. The second kappa shape index (κ2) is 4.94. The smallest absolute Gasteiger partial charge is 0.0178 e. The summed E-state index contributed by atoms with van der Waals surface area (Å²) >= 11 is 3.50. The first kappa shape index (κ1) is 11.7. The van der Waals surface area contributed by atoms with E-state index in [4.69, 9.17) is 5.73 Å². The summed E-state index contributed by atoms with van der Waals surface area (Å²) in [7, 11) is 0. The summed E-state index contributed by atoms with van der Waals surface area (Å²) in [5.41, 5.74) is 8.51. The van der Waals surface area contributed by atoms with Gasteiger partial charge in [-0.05, 0) is 48.6 Å². The standard InChI is InChI=1S/C12H18BrN/c1-8(2)12(7-14)11-6-10(13)5-4-9(11)3/h4-6,8,12H,7,14H2,1-3H3. The summed E-state index contributed by atoms with van der Waals surface area (Å²) in [4.78, 5) is 0. The molecule has 0 aliphatic rings. The quantitative estimate of drug-likeness (QED) is 0.880. The van der Waals surface area contributed by atoms with Gasteiger partial charge >= 0.3 is 0 Å². The lowest BCUT2D eigenvalue weighted by Crippen LogP contribution is -2.18. The van der Waals surface area contributed by atoms with Gasteiger partial charge in [0.25, 0.3) is 0 Å². The molecule has 0 aliphatic carbocycles. The molecule has 0 radical (unpaired) electrons. The molecule has 0 spiro atoms. The van der Waals surface area contributed by atoms with E-state index in [1.807, 2.05) is 0 Å². The predicted octanol–water partition coefficient (Wildman–Crippen LogP) is 3.46. The van der Waals surface area contributed by atoms with Crippen LogP contribution in [-0.2, 0) is 0 Å². The largest absolute Gasteiger partial charge is 0.330 e. The van der Waals surface area contributed by atoms with Gasteiger partial charge in [0.1, 0.15) is 0 Å². The fraction of sp³-hybridized carbons (Fsp3) is 0.500. The zero-order chi connectivity index (χ0) is 10.7. The first-order valence-corrected chi connectivity index (χ1v) is 5.81. The molecule has 1 aromatic carbocycles. The van der Waals surface area contributed by atoms with Gasteiger partial charge in [0.2, 0.25) is 0 Å². The molecule has 0 heterocycles. The zero-order valence-electron chi connectivity index (χ0n) is 9.05. The van der Waals surface area contributed by atoms with Gasteiger partial charge in [0.15, 0.2) is 0 Å². The maximum Gasteiger partial charge on any atom is 0.0178 e. The van der Waals surface area contributed by atoms with Gasteiger partial charge in [-0.15, -0.1) is 0 Å². The number of aryl methyl sites for hydroxylation is 1. The lowest BCUT2D eigenvalue weighted by Gasteiger charge is -2.21. The van der Waals surface area contributed by atoms with Crippen LogP contribution in [0.5, 0.6) is 0 Å². The van der Waals surface area contributed by atoms with Crippen LogP contribution < -0.4 is 5.73 Å². The average Bonchev–Trinajstić information content (AvgIpc) is 2.11. The van der Waals surface area contributed by atoms with Crippen LogP contribution >= 0.6 is 15.9 Å². The van der Waals surface area contributed by atoms with Crippen molar-refractivity contribution in [2.24, 2.45) is 11.7 Å². The third kappa shape index (κ3) is 2.58. The van der Waals surface area contributed by atoms with Crippen molar-refractivity contribution in [2.75, 3.05) is 6.54 Å². The molecule has 78 valence electrons. The van der Waals surface area contributed by atoms with E-state index in [1.165, 1.54) is 11.1 Å². The Hall–Kier alpha value is -0.340. The highest BCUT2D eigenvalue weighted by atomic mass is 79.9. The Morgan fingerprint density at radius 3 is 2.50 bits per heavy atom. The van der Waals surface area contributed by atoms with Crippen molar-refractivity contribution in [1.29, 1.82) is 0 Å². The van der Waals surface area contributed by atoms with E-state index in [2.05, 4.69) is 54.9 Å². The van der Waals surface area contributed by atoms with Gasteiger partial charge in [0.05, 0.1) is 0 Å². The molecule has 2 heteroatoms. The van der Waals surface area contributed by atoms with Gasteiger partial charge in [-0.25, -0.2) is 0 Å². The van der Waals surface area contributed by atoms with Gasteiger partial charge in [0, 0.05) is 4.47 Å². The first-order chi connectivity index (χ1) is 6.56. The van der Waals surface area contributed by atoms with Crippen molar-refractivity contribution in [3.63, 3.8) is 0 Å². The lowest BCUT2D eigenvalue weighted by atomic mass is 9.86. The SMILES string of the molecule is Cc1ccc(Br)cc1C(CN)C(C)C. The van der Waals surface area contributed by atoms with E-state index in [9.17, 15) is 0 Å². The van der Waals surface area contributed by atoms with E-state index in [1.54, 1.807) is 0 Å². The Kier molecular flexibility index (Phi) is 4.14. The van der Waals surface area contributed by atoms with E-state index < -0.39 is 0 Å². The van der Waals surface area contributed by atoms with Crippen LogP contribution in [0.15, 0.2) is 22.7 Å². The van der Waals surface area contributed by atoms with E-state index in [-0.39, 0.29) is 0 Å². The summed E-state index contributed by atoms with van der Waals surface area (Å²) in [5.74, 6) is 1.06. The number of benzene rings is 1. The maximum absolute atomic E-state index is 5.81. The highest BCUT2D eigenvalue weighted by molar-refractivity contribution is 9.10. The number of hydrogen-bond acceptors (Lipinski definition) is 1. The third-order valence-electron chi connectivity index (χ3n) is 2.70. The molecule has 0 saturated heterocycles. The number of rotatable bonds is 3. The summed E-state index contributed by atoms with van der Waals surface area (Å²) < 4.78 is 1.14. The molecule has 0 saturated carbocycles. The van der Waals surface area contributed by atoms with E-state index in [0.717, 1.165) is 11.0 Å². The molecule has 0 aromatic heterocycles.